The highest BCUT2D eigenvalue weighted by Crippen LogP contribution is 2.27. The van der Waals surface area contributed by atoms with Crippen LogP contribution < -0.4 is 0 Å². The molecule has 9 nitrogen and oxygen atoms in total. The smallest absolute Gasteiger partial charge is 0.341 e. The second kappa shape index (κ2) is 8.10. The molecule has 0 bridgehead atoms. The minimum atomic E-state index is -4.72. The zero-order chi connectivity index (χ0) is 23.1. The summed E-state index contributed by atoms with van der Waals surface area (Å²) in [6.45, 7) is 3.10. The second-order valence-corrected chi connectivity index (χ2v) is 7.27. The van der Waals surface area contributed by atoms with Gasteiger partial charge in [-0.1, -0.05) is 11.6 Å². The maximum Gasteiger partial charge on any atom is 0.453 e. The van der Waals surface area contributed by atoms with E-state index < -0.39 is 16.9 Å². The van der Waals surface area contributed by atoms with E-state index in [2.05, 4.69) is 15.1 Å². The summed E-state index contributed by atoms with van der Waals surface area (Å²) in [4.78, 5) is 31.9. The van der Waals surface area contributed by atoms with E-state index >= 15 is 0 Å². The molecule has 0 aliphatic rings. The van der Waals surface area contributed by atoms with E-state index in [9.17, 15) is 28.1 Å². The lowest BCUT2D eigenvalue weighted by Gasteiger charge is -2.19. The van der Waals surface area contributed by atoms with E-state index in [1.165, 1.54) is 37.1 Å². The van der Waals surface area contributed by atoms with E-state index in [-0.39, 0.29) is 35.4 Å². The molecule has 0 radical (unpaired) electrons. The van der Waals surface area contributed by atoms with Gasteiger partial charge < -0.3 is 4.90 Å². The Balaban J connectivity index is 1.86. The van der Waals surface area contributed by atoms with Gasteiger partial charge in [-0.3, -0.25) is 14.9 Å². The maximum atomic E-state index is 12.9. The number of carbonyl (C=O) groups excluding carboxylic acids is 1. The fraction of sp³-hybridized carbons (Fsp3) is 0.333. The van der Waals surface area contributed by atoms with Crippen LogP contribution in [0.3, 0.4) is 0 Å². The number of aromatic nitrogens is 4. The summed E-state index contributed by atoms with van der Waals surface area (Å²) in [6, 6.07) is 3.92. The van der Waals surface area contributed by atoms with Crippen LogP contribution in [-0.2, 0) is 23.9 Å². The zero-order valence-corrected chi connectivity index (χ0v) is 17.3. The average molecular weight is 457 g/mol. The Morgan fingerprint density at radius 1 is 1.29 bits per heavy atom. The monoisotopic (exact) mass is 456 g/mol. The molecule has 0 aliphatic carbocycles. The molecule has 0 atom stereocenters. The third-order valence-electron chi connectivity index (χ3n) is 4.70. The summed E-state index contributed by atoms with van der Waals surface area (Å²) in [5.41, 5.74) is 1.29. The quantitative estimate of drug-likeness (QED) is 0.429. The van der Waals surface area contributed by atoms with Crippen LogP contribution in [-0.4, -0.2) is 42.4 Å². The van der Waals surface area contributed by atoms with Gasteiger partial charge in [0, 0.05) is 47.7 Å². The number of aryl methyl sites for hydroxylation is 2. The first-order valence-electron chi connectivity index (χ1n) is 8.85. The van der Waals surface area contributed by atoms with E-state index in [0.717, 1.165) is 4.52 Å². The average Bonchev–Trinajstić information content (AvgIpc) is 3.11. The Morgan fingerprint density at radius 2 is 1.97 bits per heavy atom. The Morgan fingerprint density at radius 3 is 2.58 bits per heavy atom. The minimum absolute atomic E-state index is 0.00859. The molecule has 0 aliphatic heterocycles. The SMILES string of the molecule is Cc1nc2nc(C(F)(F)F)nn2c(C)c1CC(=O)N(C)Cc1cc([N+](=O)[O-])ccc1Cl. The van der Waals surface area contributed by atoms with Crippen molar-refractivity contribution < 1.29 is 22.9 Å². The topological polar surface area (TPSA) is 107 Å². The summed E-state index contributed by atoms with van der Waals surface area (Å²) in [5.74, 6) is -1.91. The molecule has 164 valence electrons. The number of halogens is 4. The van der Waals surface area contributed by atoms with Gasteiger partial charge in [-0.2, -0.15) is 18.2 Å². The van der Waals surface area contributed by atoms with Gasteiger partial charge in [0.05, 0.1) is 11.3 Å². The van der Waals surface area contributed by atoms with Gasteiger partial charge in [-0.05, 0) is 25.5 Å². The van der Waals surface area contributed by atoms with E-state index in [4.69, 9.17) is 11.6 Å². The summed E-state index contributed by atoms with van der Waals surface area (Å²) < 4.78 is 39.7. The molecule has 1 aromatic carbocycles. The number of fused-ring (bicyclic) bond motifs is 1. The van der Waals surface area contributed by atoms with Crippen LogP contribution in [0.15, 0.2) is 18.2 Å². The lowest BCUT2D eigenvalue weighted by Crippen LogP contribution is -2.28. The molecule has 2 aromatic heterocycles. The number of nitrogens with zero attached hydrogens (tertiary/aromatic N) is 6. The Labute approximate surface area is 178 Å². The number of amides is 1. The first-order valence-corrected chi connectivity index (χ1v) is 9.23. The standard InChI is InChI=1S/C18H16ClF3N6O3/c1-9-13(10(2)27-17(23-9)24-16(25-27)18(20,21)22)7-15(29)26(3)8-11-6-12(28(30)31)4-5-14(11)19/h4-6H,7-8H2,1-3H3. The molecule has 0 unspecified atom stereocenters. The number of rotatable bonds is 5. The Kier molecular flexibility index (Phi) is 5.85. The van der Waals surface area contributed by atoms with Crippen LogP contribution in [0, 0.1) is 24.0 Å². The van der Waals surface area contributed by atoms with Crippen LogP contribution in [0.1, 0.15) is 28.3 Å². The van der Waals surface area contributed by atoms with Crippen molar-refractivity contribution >= 4 is 29.0 Å². The highest BCUT2D eigenvalue weighted by Gasteiger charge is 2.37. The third kappa shape index (κ3) is 4.58. The number of alkyl halides is 3. The summed E-state index contributed by atoms with van der Waals surface area (Å²) >= 11 is 6.08. The zero-order valence-electron chi connectivity index (χ0n) is 16.6. The highest BCUT2D eigenvalue weighted by atomic mass is 35.5. The van der Waals surface area contributed by atoms with Crippen LogP contribution >= 0.6 is 11.6 Å². The van der Waals surface area contributed by atoms with Gasteiger partial charge >= 0.3 is 6.18 Å². The fourth-order valence-electron chi connectivity index (χ4n) is 3.01. The van der Waals surface area contributed by atoms with Crippen molar-refractivity contribution in [3.8, 4) is 0 Å². The van der Waals surface area contributed by atoms with Gasteiger partial charge in [0.2, 0.25) is 5.91 Å². The molecule has 13 heteroatoms. The first-order chi connectivity index (χ1) is 14.4. The van der Waals surface area contributed by atoms with Crippen LogP contribution in [0.25, 0.3) is 5.78 Å². The molecule has 0 spiro atoms. The fourth-order valence-corrected chi connectivity index (χ4v) is 3.19. The summed E-state index contributed by atoms with van der Waals surface area (Å²) in [6.07, 6.45) is -4.88. The molecule has 1 amide bonds. The largest absolute Gasteiger partial charge is 0.453 e. The molecule has 2 heterocycles. The lowest BCUT2D eigenvalue weighted by atomic mass is 10.1. The molecule has 31 heavy (non-hydrogen) atoms. The number of nitro benzene ring substituents is 1. The number of nitro groups is 1. The molecule has 0 saturated heterocycles. The number of benzene rings is 1. The highest BCUT2D eigenvalue weighted by molar-refractivity contribution is 6.31. The van der Waals surface area contributed by atoms with Gasteiger partial charge in [0.25, 0.3) is 17.3 Å². The van der Waals surface area contributed by atoms with Crippen LogP contribution in [0.5, 0.6) is 0 Å². The Hall–Kier alpha value is -3.28. The van der Waals surface area contributed by atoms with Gasteiger partial charge in [-0.15, -0.1) is 5.10 Å². The van der Waals surface area contributed by atoms with Crippen molar-refractivity contribution in [3.05, 3.63) is 61.7 Å². The predicted octanol–water partition coefficient (Wildman–Crippen LogP) is 3.52. The van der Waals surface area contributed by atoms with Crippen molar-refractivity contribution in [3.63, 3.8) is 0 Å². The van der Waals surface area contributed by atoms with Gasteiger partial charge in [0.1, 0.15) is 0 Å². The van der Waals surface area contributed by atoms with E-state index in [1.807, 2.05) is 0 Å². The second-order valence-electron chi connectivity index (χ2n) is 6.87. The normalized spacial score (nSPS) is 11.7. The number of hydrogen-bond donors (Lipinski definition) is 0. The number of hydrogen-bond acceptors (Lipinski definition) is 6. The van der Waals surface area contributed by atoms with Crippen molar-refractivity contribution in [2.24, 2.45) is 0 Å². The van der Waals surface area contributed by atoms with Crippen molar-refractivity contribution in [2.45, 2.75) is 33.0 Å². The van der Waals surface area contributed by atoms with Gasteiger partial charge in [-0.25, -0.2) is 9.50 Å². The molecule has 0 fully saturated rings. The first kappa shape index (κ1) is 22.4. The molecule has 3 aromatic rings. The van der Waals surface area contributed by atoms with E-state index in [1.54, 1.807) is 6.92 Å². The molecule has 3 rings (SSSR count). The van der Waals surface area contributed by atoms with E-state index in [0.29, 0.717) is 22.5 Å². The van der Waals surface area contributed by atoms with Crippen molar-refractivity contribution in [1.82, 2.24) is 24.5 Å². The van der Waals surface area contributed by atoms with Crippen molar-refractivity contribution in [2.75, 3.05) is 7.05 Å². The van der Waals surface area contributed by atoms with Crippen LogP contribution in [0.4, 0.5) is 18.9 Å². The number of carbonyl (C=O) groups is 1. The lowest BCUT2D eigenvalue weighted by molar-refractivity contribution is -0.384. The van der Waals surface area contributed by atoms with Crippen LogP contribution in [0.2, 0.25) is 5.02 Å². The number of non-ortho nitro benzene ring substituents is 1. The molecule has 0 N–H and O–H groups in total. The Bertz CT molecular complexity index is 1190. The number of likely N-dealkylation sites (N-methyl/N-ethyl adjacent to an activating group) is 1. The maximum absolute atomic E-state index is 12.9. The predicted molar refractivity (Wildman–Crippen MR) is 104 cm³/mol. The summed E-state index contributed by atoms with van der Waals surface area (Å²) in [5, 5.41) is 14.7. The van der Waals surface area contributed by atoms with Crippen molar-refractivity contribution in [1.29, 1.82) is 0 Å². The van der Waals surface area contributed by atoms with Gasteiger partial charge in [0.15, 0.2) is 0 Å². The minimum Gasteiger partial charge on any atom is -0.341 e. The molecular formula is C18H16ClF3N6O3. The molecular weight excluding hydrogens is 441 g/mol. The third-order valence-corrected chi connectivity index (χ3v) is 5.07. The molecule has 0 saturated carbocycles. The summed E-state index contributed by atoms with van der Waals surface area (Å²) in [7, 11) is 1.49.